The van der Waals surface area contributed by atoms with Crippen LogP contribution in [0.5, 0.6) is 0 Å². The van der Waals surface area contributed by atoms with Crippen LogP contribution in [0.3, 0.4) is 0 Å². The first-order valence-electron chi connectivity index (χ1n) is 15.4. The van der Waals surface area contributed by atoms with E-state index in [1.54, 1.807) is 24.3 Å². The van der Waals surface area contributed by atoms with E-state index in [9.17, 15) is 26.4 Å². The summed E-state index contributed by atoms with van der Waals surface area (Å²) < 4.78 is 71.2. The molecule has 2 N–H and O–H groups in total. The zero-order valence-electron chi connectivity index (χ0n) is 25.0. The van der Waals surface area contributed by atoms with Gasteiger partial charge in [0.15, 0.2) is 0 Å². The molecule has 10 heteroatoms. The molecule has 1 saturated carbocycles. The Bertz CT molecular complexity index is 1800. The van der Waals surface area contributed by atoms with Gasteiger partial charge in [0.05, 0.1) is 22.4 Å². The molecule has 2 fully saturated rings. The Balaban J connectivity index is 1.38. The Morgan fingerprint density at radius 2 is 1.53 bits per heavy atom. The van der Waals surface area contributed by atoms with Crippen molar-refractivity contribution in [2.24, 2.45) is 5.92 Å². The largest absolute Gasteiger partial charge is 0.416 e. The molecule has 0 bridgehead atoms. The summed E-state index contributed by atoms with van der Waals surface area (Å²) >= 11 is 0. The molecule has 6 nitrogen and oxygen atoms in total. The first-order chi connectivity index (χ1) is 21.5. The topological polar surface area (TPSA) is 78.5 Å². The number of anilines is 2. The van der Waals surface area contributed by atoms with Crippen LogP contribution in [0, 0.1) is 12.8 Å². The molecule has 0 unspecified atom stereocenters. The quantitative estimate of drug-likeness (QED) is 0.214. The third-order valence-electron chi connectivity index (χ3n) is 9.05. The maximum absolute atomic E-state index is 14.5. The number of nitrogens with zero attached hydrogens (tertiary/aromatic N) is 1. The van der Waals surface area contributed by atoms with Gasteiger partial charge in [0, 0.05) is 29.3 Å². The number of piperidine rings is 1. The SMILES string of the molecule is Cc1ccc(NC(=O)[C@H]2CCCN(S(=O)(=O)c3cccc4ccccc34)[C@H]2c2ccc(NC3CCCC3)cc2)cc1C(F)(F)F. The second-order valence-electron chi connectivity index (χ2n) is 12.1. The highest BCUT2D eigenvalue weighted by atomic mass is 32.2. The van der Waals surface area contributed by atoms with Gasteiger partial charge in [0.25, 0.3) is 0 Å². The number of nitrogens with one attached hydrogen (secondary N) is 2. The fourth-order valence-corrected chi connectivity index (χ4v) is 8.68. The summed E-state index contributed by atoms with van der Waals surface area (Å²) in [6.07, 6.45) is 0.773. The van der Waals surface area contributed by atoms with Crippen molar-refractivity contribution >= 4 is 38.1 Å². The number of carbonyl (C=O) groups excluding carboxylic acids is 1. The summed E-state index contributed by atoms with van der Waals surface area (Å²) in [4.78, 5) is 14.0. The molecular formula is C35H36F3N3O3S. The van der Waals surface area contributed by atoms with Crippen LogP contribution in [0.1, 0.15) is 61.3 Å². The number of fused-ring (bicyclic) bond motifs is 1. The average Bonchev–Trinajstić information content (AvgIpc) is 3.54. The van der Waals surface area contributed by atoms with E-state index in [0.29, 0.717) is 29.8 Å². The van der Waals surface area contributed by atoms with Crippen LogP contribution in [0.4, 0.5) is 24.5 Å². The van der Waals surface area contributed by atoms with E-state index in [2.05, 4.69) is 10.6 Å². The summed E-state index contributed by atoms with van der Waals surface area (Å²) in [5.74, 6) is -1.37. The van der Waals surface area contributed by atoms with Gasteiger partial charge in [-0.25, -0.2) is 8.42 Å². The van der Waals surface area contributed by atoms with E-state index in [1.807, 2.05) is 42.5 Å². The number of benzene rings is 4. The molecule has 6 rings (SSSR count). The number of sulfonamides is 1. The molecule has 4 aromatic rings. The molecule has 1 saturated heterocycles. The lowest BCUT2D eigenvalue weighted by Gasteiger charge is -2.40. The Labute approximate surface area is 261 Å². The van der Waals surface area contributed by atoms with E-state index in [4.69, 9.17) is 0 Å². The maximum atomic E-state index is 14.5. The molecule has 0 spiro atoms. The number of alkyl halides is 3. The number of amides is 1. The van der Waals surface area contributed by atoms with Crippen LogP contribution < -0.4 is 10.6 Å². The lowest BCUT2D eigenvalue weighted by Crippen LogP contribution is -2.46. The maximum Gasteiger partial charge on any atom is 0.416 e. The van der Waals surface area contributed by atoms with Crippen LogP contribution in [0.2, 0.25) is 0 Å². The van der Waals surface area contributed by atoms with Gasteiger partial charge in [0.1, 0.15) is 0 Å². The van der Waals surface area contributed by atoms with Crippen LogP contribution in [0.25, 0.3) is 10.8 Å². The average molecular weight is 636 g/mol. The molecule has 1 amide bonds. The first kappa shape index (κ1) is 31.1. The second-order valence-corrected chi connectivity index (χ2v) is 13.9. The van der Waals surface area contributed by atoms with Crippen molar-refractivity contribution in [3.8, 4) is 0 Å². The zero-order valence-corrected chi connectivity index (χ0v) is 25.8. The normalized spacial score (nSPS) is 19.9. The van der Waals surface area contributed by atoms with Gasteiger partial charge in [-0.05, 0) is 79.5 Å². The number of halogens is 3. The minimum Gasteiger partial charge on any atom is -0.382 e. The predicted molar refractivity (Wildman–Crippen MR) is 170 cm³/mol. The molecule has 1 heterocycles. The lowest BCUT2D eigenvalue weighted by atomic mass is 9.85. The Hall–Kier alpha value is -3.89. The minimum atomic E-state index is -4.57. The molecule has 4 aromatic carbocycles. The second kappa shape index (κ2) is 12.5. The van der Waals surface area contributed by atoms with Crippen molar-refractivity contribution in [2.75, 3.05) is 17.2 Å². The smallest absolute Gasteiger partial charge is 0.382 e. The number of aryl methyl sites for hydroxylation is 1. The Morgan fingerprint density at radius 1 is 0.844 bits per heavy atom. The molecule has 1 aliphatic carbocycles. The Kier molecular flexibility index (Phi) is 8.63. The van der Waals surface area contributed by atoms with E-state index in [1.165, 1.54) is 36.2 Å². The highest BCUT2D eigenvalue weighted by Crippen LogP contribution is 2.42. The molecule has 0 aromatic heterocycles. The van der Waals surface area contributed by atoms with Gasteiger partial charge in [-0.15, -0.1) is 0 Å². The van der Waals surface area contributed by atoms with Crippen molar-refractivity contribution in [3.05, 3.63) is 102 Å². The fourth-order valence-electron chi connectivity index (χ4n) is 6.78. The summed E-state index contributed by atoms with van der Waals surface area (Å²) in [6, 6.07) is 23.1. The highest BCUT2D eigenvalue weighted by Gasteiger charge is 2.43. The molecule has 0 radical (unpaired) electrons. The monoisotopic (exact) mass is 635 g/mol. The predicted octanol–water partition coefficient (Wildman–Crippen LogP) is 8.30. The van der Waals surface area contributed by atoms with Gasteiger partial charge in [-0.2, -0.15) is 17.5 Å². The van der Waals surface area contributed by atoms with Crippen molar-refractivity contribution in [2.45, 2.75) is 68.6 Å². The van der Waals surface area contributed by atoms with Crippen molar-refractivity contribution < 1.29 is 26.4 Å². The summed E-state index contributed by atoms with van der Waals surface area (Å²) in [7, 11) is -4.10. The van der Waals surface area contributed by atoms with E-state index in [-0.39, 0.29) is 22.7 Å². The van der Waals surface area contributed by atoms with Crippen LogP contribution in [-0.4, -0.2) is 31.2 Å². The van der Waals surface area contributed by atoms with Crippen LogP contribution in [-0.2, 0) is 21.0 Å². The molecule has 1 aliphatic heterocycles. The summed E-state index contributed by atoms with van der Waals surface area (Å²) in [5.41, 5.74) is 0.809. The summed E-state index contributed by atoms with van der Waals surface area (Å²) in [6.45, 7) is 1.57. The fraction of sp³-hybridized carbons (Fsp3) is 0.343. The molecular weight excluding hydrogens is 599 g/mol. The van der Waals surface area contributed by atoms with Gasteiger partial charge in [0.2, 0.25) is 15.9 Å². The van der Waals surface area contributed by atoms with Crippen LogP contribution in [0.15, 0.2) is 89.8 Å². The third-order valence-corrected chi connectivity index (χ3v) is 11.0. The van der Waals surface area contributed by atoms with Gasteiger partial charge in [-0.3, -0.25) is 4.79 Å². The van der Waals surface area contributed by atoms with Gasteiger partial charge >= 0.3 is 6.18 Å². The zero-order chi connectivity index (χ0) is 31.8. The number of hydrogen-bond acceptors (Lipinski definition) is 4. The Morgan fingerprint density at radius 3 is 2.27 bits per heavy atom. The summed E-state index contributed by atoms with van der Waals surface area (Å²) in [5, 5.41) is 7.59. The highest BCUT2D eigenvalue weighted by molar-refractivity contribution is 7.89. The van der Waals surface area contributed by atoms with Crippen LogP contribution >= 0.6 is 0 Å². The minimum absolute atomic E-state index is 0.0156. The third kappa shape index (κ3) is 6.44. The lowest BCUT2D eigenvalue weighted by molar-refractivity contribution is -0.138. The first-order valence-corrected chi connectivity index (χ1v) is 16.8. The molecule has 2 aliphatic rings. The molecule has 45 heavy (non-hydrogen) atoms. The molecule has 2 atom stereocenters. The number of hydrogen-bond donors (Lipinski definition) is 2. The van der Waals surface area contributed by atoms with E-state index in [0.717, 1.165) is 30.0 Å². The number of rotatable bonds is 7. The van der Waals surface area contributed by atoms with Crippen molar-refractivity contribution in [1.82, 2.24) is 4.31 Å². The molecule has 236 valence electrons. The van der Waals surface area contributed by atoms with Crippen molar-refractivity contribution in [1.29, 1.82) is 0 Å². The number of carbonyl (C=O) groups is 1. The standard InChI is InChI=1S/C35H36F3N3O3S/c1-23-15-18-28(22-31(23)35(36,37)38)40-34(42)30-13-7-21-41(45(43,44)32-14-6-9-24-8-2-5-12-29(24)32)33(30)25-16-19-27(20-17-25)39-26-10-3-4-11-26/h2,5-6,8-9,12,14-20,22,26,30,33,39H,3-4,7,10-11,13,21H2,1H3,(H,40,42)/t30-,33-/m0/s1. The van der Waals surface area contributed by atoms with E-state index < -0.39 is 39.6 Å². The van der Waals surface area contributed by atoms with Crippen molar-refractivity contribution in [3.63, 3.8) is 0 Å². The van der Waals surface area contributed by atoms with Gasteiger partial charge in [-0.1, -0.05) is 67.4 Å². The van der Waals surface area contributed by atoms with Gasteiger partial charge < -0.3 is 10.6 Å². The van der Waals surface area contributed by atoms with E-state index >= 15 is 0 Å².